The summed E-state index contributed by atoms with van der Waals surface area (Å²) in [5, 5.41) is 25.8. The largest absolute Gasteiger partial charge is 0.493 e. The first-order valence-corrected chi connectivity index (χ1v) is 12.8. The summed E-state index contributed by atoms with van der Waals surface area (Å²) in [6.07, 6.45) is 1.33. The number of nitrogens with zero attached hydrogens (tertiary/aromatic N) is 4. The summed E-state index contributed by atoms with van der Waals surface area (Å²) >= 11 is 3.38. The molecule has 0 aliphatic carbocycles. The van der Waals surface area contributed by atoms with Gasteiger partial charge in [-0.1, -0.05) is 48.8 Å². The van der Waals surface area contributed by atoms with Crippen LogP contribution in [-0.4, -0.2) is 39.0 Å². The second-order valence-corrected chi connectivity index (χ2v) is 10.7. The molecule has 40 heavy (non-hydrogen) atoms. The molecule has 12 heteroatoms. The number of carbonyl (C=O) groups is 1. The third kappa shape index (κ3) is 6.01. The van der Waals surface area contributed by atoms with Crippen LogP contribution < -0.4 is 15.0 Å². The molecule has 0 saturated heterocycles. The van der Waals surface area contributed by atoms with Crippen molar-refractivity contribution >= 4 is 44.7 Å². The summed E-state index contributed by atoms with van der Waals surface area (Å²) in [6, 6.07) is 13.9. The van der Waals surface area contributed by atoms with E-state index in [-0.39, 0.29) is 34.9 Å². The van der Waals surface area contributed by atoms with E-state index in [2.05, 4.69) is 26.0 Å². The van der Waals surface area contributed by atoms with E-state index >= 15 is 0 Å². The lowest BCUT2D eigenvalue weighted by Crippen LogP contribution is -2.29. The van der Waals surface area contributed by atoms with Crippen LogP contribution in [0.1, 0.15) is 48.1 Å². The molecule has 0 unspecified atom stereocenters. The molecule has 0 aliphatic heterocycles. The summed E-state index contributed by atoms with van der Waals surface area (Å²) in [5.41, 5.74) is 0.246. The van der Waals surface area contributed by atoms with Gasteiger partial charge in [-0.2, -0.15) is 9.78 Å². The molecule has 4 rings (SSSR count). The number of nitro benzene ring substituents is 1. The van der Waals surface area contributed by atoms with Gasteiger partial charge >= 0.3 is 11.7 Å². The standard InChI is InChI=1S/C28H25BrN4O7/c1-28(2,3)27-31-21-10-9-19(29)13-20(21)25(34)32(27)30-14-17-11-22(33(37)38)24(23(12-17)39-4)40-15-16-5-7-18(8-6-16)26(35)36/h5-14H,15H2,1-4H3,(H,35,36). The lowest BCUT2D eigenvalue weighted by Gasteiger charge is -2.20. The zero-order valence-corrected chi connectivity index (χ0v) is 23.6. The Morgan fingerprint density at radius 2 is 1.88 bits per heavy atom. The molecule has 0 radical (unpaired) electrons. The Bertz CT molecular complexity index is 1710. The van der Waals surface area contributed by atoms with Crippen LogP contribution >= 0.6 is 15.9 Å². The SMILES string of the molecule is COc1cc(C=Nn2c(C(C)(C)C)nc3ccc(Br)cc3c2=O)cc([N+](=O)[O-])c1OCc1ccc(C(=O)O)cc1. The Morgan fingerprint density at radius 3 is 2.48 bits per heavy atom. The van der Waals surface area contributed by atoms with Crippen molar-refractivity contribution in [3.05, 3.63) is 102 Å². The number of carboxylic acid groups (broad SMARTS) is 1. The van der Waals surface area contributed by atoms with E-state index in [0.29, 0.717) is 32.3 Å². The molecule has 0 saturated carbocycles. The van der Waals surface area contributed by atoms with Crippen LogP contribution in [0.4, 0.5) is 5.69 Å². The Balaban J connectivity index is 1.74. The fraction of sp³-hybridized carbons (Fsp3) is 0.214. The number of ether oxygens (including phenoxy) is 2. The van der Waals surface area contributed by atoms with Crippen molar-refractivity contribution in [2.24, 2.45) is 5.10 Å². The third-order valence-electron chi connectivity index (χ3n) is 5.86. The van der Waals surface area contributed by atoms with Crippen molar-refractivity contribution in [3.8, 4) is 11.5 Å². The van der Waals surface area contributed by atoms with Gasteiger partial charge in [-0.15, -0.1) is 0 Å². The van der Waals surface area contributed by atoms with E-state index < -0.39 is 16.3 Å². The minimum Gasteiger partial charge on any atom is -0.493 e. The van der Waals surface area contributed by atoms with Crippen molar-refractivity contribution in [2.75, 3.05) is 7.11 Å². The molecule has 4 aromatic rings. The van der Waals surface area contributed by atoms with E-state index in [4.69, 9.17) is 14.6 Å². The van der Waals surface area contributed by atoms with Crippen molar-refractivity contribution in [3.63, 3.8) is 0 Å². The number of nitro groups is 1. The monoisotopic (exact) mass is 608 g/mol. The van der Waals surface area contributed by atoms with Gasteiger partial charge in [0.15, 0.2) is 5.75 Å². The van der Waals surface area contributed by atoms with Crippen LogP contribution in [0.25, 0.3) is 10.9 Å². The lowest BCUT2D eigenvalue weighted by atomic mass is 9.95. The fourth-order valence-electron chi connectivity index (χ4n) is 3.88. The zero-order chi connectivity index (χ0) is 29.2. The lowest BCUT2D eigenvalue weighted by molar-refractivity contribution is -0.386. The normalized spacial score (nSPS) is 11.6. The fourth-order valence-corrected chi connectivity index (χ4v) is 4.24. The highest BCUT2D eigenvalue weighted by atomic mass is 79.9. The van der Waals surface area contributed by atoms with Gasteiger partial charge in [0.2, 0.25) is 5.75 Å². The molecular weight excluding hydrogens is 584 g/mol. The molecule has 0 bridgehead atoms. The van der Waals surface area contributed by atoms with E-state index in [1.165, 1.54) is 42.3 Å². The average molecular weight is 609 g/mol. The predicted molar refractivity (Wildman–Crippen MR) is 153 cm³/mol. The van der Waals surface area contributed by atoms with Crippen LogP contribution in [0, 0.1) is 10.1 Å². The number of rotatable bonds is 8. The van der Waals surface area contributed by atoms with Crippen LogP contribution in [0.2, 0.25) is 0 Å². The molecule has 0 atom stereocenters. The summed E-state index contributed by atoms with van der Waals surface area (Å²) in [4.78, 5) is 40.5. The molecule has 11 nitrogen and oxygen atoms in total. The minimum atomic E-state index is -1.06. The quantitative estimate of drug-likeness (QED) is 0.156. The molecule has 0 spiro atoms. The van der Waals surface area contributed by atoms with Gasteiger partial charge in [-0.25, -0.2) is 9.78 Å². The van der Waals surface area contributed by atoms with Gasteiger partial charge in [-0.3, -0.25) is 14.9 Å². The maximum absolute atomic E-state index is 13.4. The number of aromatic nitrogens is 2. The first kappa shape index (κ1) is 28.4. The van der Waals surface area contributed by atoms with E-state index in [1.807, 2.05) is 20.8 Å². The van der Waals surface area contributed by atoms with E-state index in [1.54, 1.807) is 30.3 Å². The molecule has 1 aromatic heterocycles. The second-order valence-electron chi connectivity index (χ2n) is 9.83. The maximum atomic E-state index is 13.4. The molecule has 206 valence electrons. The van der Waals surface area contributed by atoms with Crippen molar-refractivity contribution in [1.82, 2.24) is 9.66 Å². The minimum absolute atomic E-state index is 0.0623. The smallest absolute Gasteiger partial charge is 0.335 e. The first-order valence-electron chi connectivity index (χ1n) is 12.0. The molecule has 0 fully saturated rings. The van der Waals surface area contributed by atoms with Crippen LogP contribution in [0.15, 0.2) is 69.0 Å². The molecule has 3 aromatic carbocycles. The summed E-state index contributed by atoms with van der Waals surface area (Å²) in [6.45, 7) is 5.65. The first-order chi connectivity index (χ1) is 18.9. The number of methoxy groups -OCH3 is 1. The second kappa shape index (κ2) is 11.3. The number of benzene rings is 3. The highest BCUT2D eigenvalue weighted by molar-refractivity contribution is 9.10. The highest BCUT2D eigenvalue weighted by Gasteiger charge is 2.24. The molecular formula is C28H25BrN4O7. The molecule has 1 heterocycles. The number of halogens is 1. The Hall–Kier alpha value is -4.58. The number of fused-ring (bicyclic) bond motifs is 1. The van der Waals surface area contributed by atoms with Gasteiger partial charge in [0.1, 0.15) is 12.4 Å². The highest BCUT2D eigenvalue weighted by Crippen LogP contribution is 2.38. The maximum Gasteiger partial charge on any atom is 0.335 e. The van der Waals surface area contributed by atoms with E-state index in [9.17, 15) is 19.7 Å². The topological polar surface area (TPSA) is 146 Å². The summed E-state index contributed by atoms with van der Waals surface area (Å²) < 4.78 is 13.0. The molecule has 1 N–H and O–H groups in total. The van der Waals surface area contributed by atoms with Crippen LogP contribution in [0.3, 0.4) is 0 Å². The van der Waals surface area contributed by atoms with Crippen LogP contribution in [0.5, 0.6) is 11.5 Å². The third-order valence-corrected chi connectivity index (χ3v) is 6.35. The Kier molecular flexibility index (Phi) is 8.01. The predicted octanol–water partition coefficient (Wildman–Crippen LogP) is 5.53. The molecule has 0 aliphatic rings. The summed E-state index contributed by atoms with van der Waals surface area (Å²) in [5.74, 6) is -0.663. The van der Waals surface area contributed by atoms with Crippen molar-refractivity contribution in [2.45, 2.75) is 32.8 Å². The Morgan fingerprint density at radius 1 is 1.18 bits per heavy atom. The van der Waals surface area contributed by atoms with Gasteiger partial charge in [-0.05, 0) is 42.0 Å². The molecule has 0 amide bonds. The van der Waals surface area contributed by atoms with Gasteiger partial charge in [0, 0.05) is 21.5 Å². The zero-order valence-electron chi connectivity index (χ0n) is 22.0. The van der Waals surface area contributed by atoms with Gasteiger partial charge < -0.3 is 14.6 Å². The Labute approximate surface area is 237 Å². The summed E-state index contributed by atoms with van der Waals surface area (Å²) in [7, 11) is 1.35. The van der Waals surface area contributed by atoms with Gasteiger partial charge in [0.25, 0.3) is 5.56 Å². The number of hydrogen-bond acceptors (Lipinski definition) is 8. The van der Waals surface area contributed by atoms with Gasteiger partial charge in [0.05, 0.1) is 34.7 Å². The van der Waals surface area contributed by atoms with Crippen molar-refractivity contribution < 1.29 is 24.3 Å². The number of carboxylic acids is 1. The number of hydrogen-bond donors (Lipinski definition) is 1. The van der Waals surface area contributed by atoms with E-state index in [0.717, 1.165) is 0 Å². The van der Waals surface area contributed by atoms with Crippen molar-refractivity contribution in [1.29, 1.82) is 0 Å². The number of aromatic carboxylic acids is 1. The van der Waals surface area contributed by atoms with Crippen LogP contribution in [-0.2, 0) is 12.0 Å². The average Bonchev–Trinajstić information content (AvgIpc) is 2.90.